The van der Waals surface area contributed by atoms with Crippen LogP contribution in [0.15, 0.2) is 77.7 Å². The van der Waals surface area contributed by atoms with Gasteiger partial charge in [-0.2, -0.15) is 4.31 Å². The molecule has 32 heavy (non-hydrogen) atoms. The van der Waals surface area contributed by atoms with Crippen LogP contribution >= 0.6 is 11.6 Å². The lowest BCUT2D eigenvalue weighted by Crippen LogP contribution is -2.40. The van der Waals surface area contributed by atoms with Gasteiger partial charge in [0.15, 0.2) is 6.61 Å². The lowest BCUT2D eigenvalue weighted by Gasteiger charge is -2.23. The maximum absolute atomic E-state index is 13.3. The Morgan fingerprint density at radius 1 is 0.906 bits per heavy atom. The number of benzene rings is 3. The van der Waals surface area contributed by atoms with Crippen molar-refractivity contribution in [2.75, 3.05) is 18.0 Å². The van der Waals surface area contributed by atoms with Crippen LogP contribution in [0.1, 0.15) is 25.3 Å². The van der Waals surface area contributed by atoms with Crippen molar-refractivity contribution in [2.24, 2.45) is 0 Å². The molecule has 0 aliphatic heterocycles. The van der Waals surface area contributed by atoms with Crippen LogP contribution in [-0.4, -0.2) is 28.0 Å². The molecule has 0 N–H and O–H groups in total. The summed E-state index contributed by atoms with van der Waals surface area (Å²) in [6.45, 7) is 3.70. The molecule has 0 aromatic heterocycles. The van der Waals surface area contributed by atoms with Gasteiger partial charge in [-0.25, -0.2) is 8.42 Å². The number of hydrogen-bond donors (Lipinski definition) is 0. The standard InChI is InChI=1S/C24H24ClNO5S/c1-17(2)18-4-10-22(11-5-18)31-16-24(27)26(20-8-12-21(30-3)13-9-20)32(28,29)23-14-6-19(25)7-15-23/h4-15,17H,16H2,1-3H3. The molecule has 0 spiro atoms. The van der Waals surface area contributed by atoms with Crippen LogP contribution in [-0.2, 0) is 14.8 Å². The van der Waals surface area contributed by atoms with Crippen molar-refractivity contribution in [3.8, 4) is 11.5 Å². The Labute approximate surface area is 193 Å². The molecule has 0 aliphatic carbocycles. The Hall–Kier alpha value is -3.03. The number of carbonyl (C=O) groups excluding carboxylic acids is 1. The number of anilines is 1. The van der Waals surface area contributed by atoms with E-state index in [1.807, 2.05) is 12.1 Å². The number of sulfonamides is 1. The van der Waals surface area contributed by atoms with Gasteiger partial charge in [0.1, 0.15) is 11.5 Å². The number of carbonyl (C=O) groups is 1. The number of rotatable bonds is 8. The van der Waals surface area contributed by atoms with Crippen LogP contribution in [0, 0.1) is 0 Å². The van der Waals surface area contributed by atoms with Crippen molar-refractivity contribution in [1.82, 2.24) is 0 Å². The second kappa shape index (κ2) is 10.1. The highest BCUT2D eigenvalue weighted by molar-refractivity contribution is 7.93. The number of amides is 1. The van der Waals surface area contributed by atoms with Crippen molar-refractivity contribution in [3.63, 3.8) is 0 Å². The third kappa shape index (κ3) is 5.41. The molecule has 0 heterocycles. The first kappa shape index (κ1) is 23.6. The first-order valence-corrected chi connectivity index (χ1v) is 11.7. The first-order chi connectivity index (χ1) is 15.2. The Morgan fingerprint density at radius 3 is 2.00 bits per heavy atom. The molecule has 168 valence electrons. The van der Waals surface area contributed by atoms with Crippen LogP contribution in [0.2, 0.25) is 5.02 Å². The number of nitrogens with zero attached hydrogens (tertiary/aromatic N) is 1. The molecule has 0 saturated carbocycles. The molecular formula is C24H24ClNO5S. The molecule has 3 aromatic carbocycles. The van der Waals surface area contributed by atoms with E-state index >= 15 is 0 Å². The van der Waals surface area contributed by atoms with E-state index in [0.717, 1.165) is 9.87 Å². The summed E-state index contributed by atoms with van der Waals surface area (Å²) in [5, 5.41) is 0.388. The average molecular weight is 474 g/mol. The van der Waals surface area contributed by atoms with Crippen molar-refractivity contribution in [1.29, 1.82) is 0 Å². The second-order valence-corrected chi connectivity index (χ2v) is 9.55. The fourth-order valence-electron chi connectivity index (χ4n) is 3.00. The highest BCUT2D eigenvalue weighted by Crippen LogP contribution is 2.27. The lowest BCUT2D eigenvalue weighted by atomic mass is 10.0. The maximum atomic E-state index is 13.3. The minimum Gasteiger partial charge on any atom is -0.497 e. The predicted octanol–water partition coefficient (Wildman–Crippen LogP) is 5.27. The Balaban J connectivity index is 1.90. The lowest BCUT2D eigenvalue weighted by molar-refractivity contribution is -0.119. The molecule has 3 rings (SSSR count). The summed E-state index contributed by atoms with van der Waals surface area (Å²) in [6.07, 6.45) is 0. The van der Waals surface area contributed by atoms with Gasteiger partial charge in [-0.3, -0.25) is 4.79 Å². The maximum Gasteiger partial charge on any atom is 0.278 e. The van der Waals surface area contributed by atoms with Gasteiger partial charge in [0.2, 0.25) is 0 Å². The van der Waals surface area contributed by atoms with Gasteiger partial charge in [0.05, 0.1) is 17.7 Å². The molecule has 3 aromatic rings. The minimum absolute atomic E-state index is 0.0626. The fraction of sp³-hybridized carbons (Fsp3) is 0.208. The van der Waals surface area contributed by atoms with Crippen LogP contribution < -0.4 is 13.8 Å². The zero-order valence-corrected chi connectivity index (χ0v) is 19.6. The quantitative estimate of drug-likeness (QED) is 0.445. The van der Waals surface area contributed by atoms with Gasteiger partial charge in [0, 0.05) is 5.02 Å². The Morgan fingerprint density at radius 2 is 1.47 bits per heavy atom. The van der Waals surface area contributed by atoms with Gasteiger partial charge < -0.3 is 9.47 Å². The summed E-state index contributed by atoms with van der Waals surface area (Å²) < 4.78 is 38.2. The monoisotopic (exact) mass is 473 g/mol. The summed E-state index contributed by atoms with van der Waals surface area (Å²) in [5.41, 5.74) is 1.30. The molecule has 6 nitrogen and oxygen atoms in total. The Bertz CT molecular complexity index is 1160. The van der Waals surface area contributed by atoms with Crippen LogP contribution in [0.5, 0.6) is 11.5 Å². The van der Waals surface area contributed by atoms with Gasteiger partial charge in [-0.05, 0) is 72.1 Å². The largest absolute Gasteiger partial charge is 0.497 e. The smallest absolute Gasteiger partial charge is 0.278 e. The van der Waals surface area contributed by atoms with E-state index in [2.05, 4.69) is 13.8 Å². The normalized spacial score (nSPS) is 11.3. The zero-order chi connectivity index (χ0) is 23.3. The van der Waals surface area contributed by atoms with Crippen LogP contribution in [0.3, 0.4) is 0 Å². The Kier molecular flexibility index (Phi) is 7.43. The minimum atomic E-state index is -4.21. The topological polar surface area (TPSA) is 72.9 Å². The second-order valence-electron chi connectivity index (χ2n) is 7.33. The van der Waals surface area contributed by atoms with Crippen molar-refractivity contribution >= 4 is 33.2 Å². The molecular weight excluding hydrogens is 450 g/mol. The highest BCUT2D eigenvalue weighted by atomic mass is 35.5. The van der Waals surface area contributed by atoms with Crippen LogP contribution in [0.4, 0.5) is 5.69 Å². The summed E-state index contributed by atoms with van der Waals surface area (Å²) in [7, 11) is -2.71. The van der Waals surface area contributed by atoms with E-state index in [-0.39, 0.29) is 10.6 Å². The summed E-state index contributed by atoms with van der Waals surface area (Å²) in [6, 6.07) is 19.1. The summed E-state index contributed by atoms with van der Waals surface area (Å²) in [4.78, 5) is 13.0. The molecule has 0 atom stereocenters. The molecule has 0 saturated heterocycles. The van der Waals surface area contributed by atoms with E-state index in [1.165, 1.54) is 43.5 Å². The molecule has 0 unspecified atom stereocenters. The zero-order valence-electron chi connectivity index (χ0n) is 18.0. The predicted molar refractivity (Wildman–Crippen MR) is 125 cm³/mol. The first-order valence-electron chi connectivity index (χ1n) is 9.93. The number of halogens is 1. The van der Waals surface area contributed by atoms with Crippen LogP contribution in [0.25, 0.3) is 0 Å². The molecule has 8 heteroatoms. The van der Waals surface area contributed by atoms with E-state index in [1.54, 1.807) is 24.3 Å². The SMILES string of the molecule is COc1ccc(N(C(=O)COc2ccc(C(C)C)cc2)S(=O)(=O)c2ccc(Cl)cc2)cc1. The fourth-order valence-corrected chi connectivity index (χ4v) is 4.54. The summed E-state index contributed by atoms with van der Waals surface area (Å²) >= 11 is 5.89. The third-order valence-electron chi connectivity index (χ3n) is 4.79. The van der Waals surface area contributed by atoms with Gasteiger partial charge in [0.25, 0.3) is 15.9 Å². The van der Waals surface area contributed by atoms with Crippen molar-refractivity contribution in [3.05, 3.63) is 83.4 Å². The van der Waals surface area contributed by atoms with Gasteiger partial charge in [-0.15, -0.1) is 0 Å². The molecule has 0 radical (unpaired) electrons. The number of ether oxygens (including phenoxy) is 2. The number of hydrogen-bond acceptors (Lipinski definition) is 5. The van der Waals surface area contributed by atoms with E-state index in [9.17, 15) is 13.2 Å². The van der Waals surface area contributed by atoms with E-state index < -0.39 is 22.5 Å². The van der Waals surface area contributed by atoms with E-state index in [0.29, 0.717) is 22.4 Å². The molecule has 1 amide bonds. The summed E-state index contributed by atoms with van der Waals surface area (Å²) in [5.74, 6) is 0.631. The van der Waals surface area contributed by atoms with Crippen molar-refractivity contribution in [2.45, 2.75) is 24.7 Å². The number of methoxy groups -OCH3 is 1. The molecule has 0 aliphatic rings. The van der Waals surface area contributed by atoms with E-state index in [4.69, 9.17) is 21.1 Å². The third-order valence-corrected chi connectivity index (χ3v) is 6.81. The molecule has 0 bridgehead atoms. The average Bonchev–Trinajstić information content (AvgIpc) is 2.78. The van der Waals surface area contributed by atoms with Gasteiger partial charge in [-0.1, -0.05) is 37.6 Å². The van der Waals surface area contributed by atoms with Gasteiger partial charge >= 0.3 is 0 Å². The molecule has 0 fully saturated rings. The highest BCUT2D eigenvalue weighted by Gasteiger charge is 2.31. The van der Waals surface area contributed by atoms with Crippen molar-refractivity contribution < 1.29 is 22.7 Å².